The van der Waals surface area contributed by atoms with Crippen LogP contribution in [0.5, 0.6) is 0 Å². The first-order chi connectivity index (χ1) is 13.5. The fraction of sp³-hybridized carbons (Fsp3) is 0.333. The number of nitrogens with zero attached hydrogens (tertiary/aromatic N) is 1. The Hall–Kier alpha value is -3.22. The average Bonchev–Trinajstić information content (AvgIpc) is 3.21. The van der Waals surface area contributed by atoms with Gasteiger partial charge in [-0.15, -0.1) is 0 Å². The molecule has 0 aromatic heterocycles. The molecule has 0 heterocycles. The summed E-state index contributed by atoms with van der Waals surface area (Å²) in [5.74, 6) is -0.243. The molecule has 0 unspecified atom stereocenters. The number of rotatable bonds is 6. The van der Waals surface area contributed by atoms with E-state index in [2.05, 4.69) is 10.6 Å². The van der Waals surface area contributed by atoms with E-state index in [9.17, 15) is 19.7 Å². The molecule has 1 aliphatic rings. The van der Waals surface area contributed by atoms with Gasteiger partial charge in [-0.25, -0.2) is 0 Å². The maximum Gasteiger partial charge on any atom is 0.273 e. The standard InChI is InChI=1S/C21H23N3O4/c1-14-18(10-5-11-19(14)24(27)28)21(26)22-13-15-6-4-9-17(12-15)23-20(25)16-7-2-3-8-16/h4-6,9-12,16H,2-3,7-8,13H2,1H3,(H,22,26)(H,23,25). The van der Waals surface area contributed by atoms with E-state index in [0.29, 0.717) is 11.3 Å². The molecule has 0 bridgehead atoms. The molecule has 146 valence electrons. The molecule has 28 heavy (non-hydrogen) atoms. The minimum atomic E-state index is -0.497. The summed E-state index contributed by atoms with van der Waals surface area (Å²) in [5, 5.41) is 16.8. The number of hydrogen-bond donors (Lipinski definition) is 2. The number of benzene rings is 2. The molecule has 1 fully saturated rings. The van der Waals surface area contributed by atoms with Crippen LogP contribution in [0.1, 0.15) is 47.2 Å². The highest BCUT2D eigenvalue weighted by Crippen LogP contribution is 2.26. The molecular weight excluding hydrogens is 358 g/mol. The van der Waals surface area contributed by atoms with E-state index >= 15 is 0 Å². The molecule has 1 aliphatic carbocycles. The van der Waals surface area contributed by atoms with Gasteiger partial charge in [-0.05, 0) is 43.5 Å². The second-order valence-electron chi connectivity index (χ2n) is 7.06. The van der Waals surface area contributed by atoms with Crippen molar-refractivity contribution in [1.29, 1.82) is 0 Å². The molecule has 0 saturated heterocycles. The van der Waals surface area contributed by atoms with Gasteiger partial charge in [0.1, 0.15) is 0 Å². The van der Waals surface area contributed by atoms with Crippen LogP contribution in [0.3, 0.4) is 0 Å². The highest BCUT2D eigenvalue weighted by atomic mass is 16.6. The monoisotopic (exact) mass is 381 g/mol. The number of carbonyl (C=O) groups is 2. The number of nitrogens with one attached hydrogen (secondary N) is 2. The highest BCUT2D eigenvalue weighted by Gasteiger charge is 2.22. The van der Waals surface area contributed by atoms with E-state index in [1.807, 2.05) is 24.3 Å². The third-order valence-electron chi connectivity index (χ3n) is 5.12. The predicted molar refractivity (Wildman–Crippen MR) is 106 cm³/mol. The summed E-state index contributed by atoms with van der Waals surface area (Å²) >= 11 is 0. The van der Waals surface area contributed by atoms with Crippen LogP contribution in [0.4, 0.5) is 11.4 Å². The number of anilines is 1. The summed E-state index contributed by atoms with van der Waals surface area (Å²) in [6.07, 6.45) is 4.07. The molecule has 0 aliphatic heterocycles. The SMILES string of the molecule is Cc1c(C(=O)NCc2cccc(NC(=O)C3CCCC3)c2)cccc1[N+](=O)[O-]. The molecule has 3 rings (SSSR count). The van der Waals surface area contributed by atoms with Crippen molar-refractivity contribution in [2.75, 3.05) is 5.32 Å². The molecule has 0 radical (unpaired) electrons. The molecule has 2 aromatic rings. The van der Waals surface area contributed by atoms with Gasteiger partial charge in [0.05, 0.1) is 4.92 Å². The Labute approximate surface area is 163 Å². The summed E-state index contributed by atoms with van der Waals surface area (Å²) in [5.41, 5.74) is 2.07. The fourth-order valence-corrected chi connectivity index (χ4v) is 3.54. The van der Waals surface area contributed by atoms with Gasteiger partial charge < -0.3 is 10.6 Å². The molecule has 2 amide bonds. The minimum absolute atomic E-state index is 0.0471. The van der Waals surface area contributed by atoms with Crippen molar-refractivity contribution in [3.8, 4) is 0 Å². The largest absolute Gasteiger partial charge is 0.348 e. The lowest BCUT2D eigenvalue weighted by molar-refractivity contribution is -0.385. The van der Waals surface area contributed by atoms with Gasteiger partial charge in [0.2, 0.25) is 5.91 Å². The average molecular weight is 381 g/mol. The molecule has 0 spiro atoms. The van der Waals surface area contributed by atoms with Gasteiger partial charge in [0.15, 0.2) is 0 Å². The van der Waals surface area contributed by atoms with Gasteiger partial charge in [0.25, 0.3) is 11.6 Å². The van der Waals surface area contributed by atoms with E-state index < -0.39 is 4.92 Å². The van der Waals surface area contributed by atoms with E-state index in [0.717, 1.165) is 31.2 Å². The molecule has 0 atom stereocenters. The van der Waals surface area contributed by atoms with Crippen molar-refractivity contribution in [2.24, 2.45) is 5.92 Å². The highest BCUT2D eigenvalue weighted by molar-refractivity contribution is 5.96. The first-order valence-corrected chi connectivity index (χ1v) is 9.37. The second-order valence-corrected chi connectivity index (χ2v) is 7.06. The first-order valence-electron chi connectivity index (χ1n) is 9.37. The van der Waals surface area contributed by atoms with E-state index in [-0.39, 0.29) is 35.5 Å². The number of carbonyl (C=O) groups excluding carboxylic acids is 2. The summed E-state index contributed by atoms with van der Waals surface area (Å²) in [6, 6.07) is 11.8. The number of amides is 2. The zero-order chi connectivity index (χ0) is 20.1. The van der Waals surface area contributed by atoms with Crippen LogP contribution in [-0.4, -0.2) is 16.7 Å². The zero-order valence-electron chi connectivity index (χ0n) is 15.7. The van der Waals surface area contributed by atoms with Gasteiger partial charge >= 0.3 is 0 Å². The summed E-state index contributed by atoms with van der Waals surface area (Å²) in [7, 11) is 0. The number of nitro groups is 1. The van der Waals surface area contributed by atoms with Crippen molar-refractivity contribution < 1.29 is 14.5 Å². The van der Waals surface area contributed by atoms with E-state index in [1.54, 1.807) is 13.0 Å². The third-order valence-corrected chi connectivity index (χ3v) is 5.12. The van der Waals surface area contributed by atoms with Gasteiger partial charge in [0, 0.05) is 35.3 Å². The quantitative estimate of drug-likeness (QED) is 0.584. The first kappa shape index (κ1) is 19.5. The molecular formula is C21H23N3O4. The number of nitro benzene ring substituents is 1. The van der Waals surface area contributed by atoms with Crippen LogP contribution < -0.4 is 10.6 Å². The smallest absolute Gasteiger partial charge is 0.273 e. The lowest BCUT2D eigenvalue weighted by Crippen LogP contribution is -2.24. The Morgan fingerprint density at radius 2 is 1.86 bits per heavy atom. The summed E-state index contributed by atoms with van der Waals surface area (Å²) in [4.78, 5) is 35.3. The van der Waals surface area contributed by atoms with Crippen LogP contribution >= 0.6 is 0 Å². The van der Waals surface area contributed by atoms with Gasteiger partial charge in [-0.3, -0.25) is 19.7 Å². The molecule has 7 heteroatoms. The zero-order valence-corrected chi connectivity index (χ0v) is 15.7. The van der Waals surface area contributed by atoms with Crippen LogP contribution in [0.15, 0.2) is 42.5 Å². The third kappa shape index (κ3) is 4.54. The Morgan fingerprint density at radius 1 is 1.14 bits per heavy atom. The number of hydrogen-bond acceptors (Lipinski definition) is 4. The Balaban J connectivity index is 1.63. The maximum atomic E-state index is 12.4. The normalized spacial score (nSPS) is 13.9. The predicted octanol–water partition coefficient (Wildman–Crippen LogP) is 3.96. The van der Waals surface area contributed by atoms with Crippen molar-refractivity contribution in [3.63, 3.8) is 0 Å². The van der Waals surface area contributed by atoms with Crippen LogP contribution in [-0.2, 0) is 11.3 Å². The molecule has 7 nitrogen and oxygen atoms in total. The lowest BCUT2D eigenvalue weighted by atomic mass is 10.1. The Kier molecular flexibility index (Phi) is 6.03. The minimum Gasteiger partial charge on any atom is -0.348 e. The Bertz CT molecular complexity index is 904. The molecule has 1 saturated carbocycles. The summed E-state index contributed by atoms with van der Waals surface area (Å²) in [6.45, 7) is 1.82. The van der Waals surface area contributed by atoms with E-state index in [4.69, 9.17) is 0 Å². The van der Waals surface area contributed by atoms with Crippen LogP contribution in [0.25, 0.3) is 0 Å². The maximum absolute atomic E-state index is 12.4. The topological polar surface area (TPSA) is 101 Å². The Morgan fingerprint density at radius 3 is 2.57 bits per heavy atom. The van der Waals surface area contributed by atoms with Gasteiger partial charge in [-0.2, -0.15) is 0 Å². The van der Waals surface area contributed by atoms with Crippen LogP contribution in [0, 0.1) is 23.0 Å². The molecule has 2 aromatic carbocycles. The fourth-order valence-electron chi connectivity index (χ4n) is 3.54. The second kappa shape index (κ2) is 8.65. The van der Waals surface area contributed by atoms with E-state index in [1.165, 1.54) is 12.1 Å². The van der Waals surface area contributed by atoms with Crippen molar-refractivity contribution in [1.82, 2.24) is 5.32 Å². The van der Waals surface area contributed by atoms with Crippen molar-refractivity contribution >= 4 is 23.2 Å². The van der Waals surface area contributed by atoms with Crippen molar-refractivity contribution in [3.05, 3.63) is 69.3 Å². The van der Waals surface area contributed by atoms with Crippen LogP contribution in [0.2, 0.25) is 0 Å². The van der Waals surface area contributed by atoms with Gasteiger partial charge in [-0.1, -0.05) is 31.0 Å². The van der Waals surface area contributed by atoms with Crippen molar-refractivity contribution in [2.45, 2.75) is 39.2 Å². The summed E-state index contributed by atoms with van der Waals surface area (Å²) < 4.78 is 0. The molecule has 2 N–H and O–H groups in total. The lowest BCUT2D eigenvalue weighted by Gasteiger charge is -2.12.